The van der Waals surface area contributed by atoms with E-state index in [-0.39, 0.29) is 12.1 Å². The zero-order valence-electron chi connectivity index (χ0n) is 10.9. The maximum Gasteiger partial charge on any atom is 0.134 e. The van der Waals surface area contributed by atoms with Crippen LogP contribution in [0.2, 0.25) is 0 Å². The van der Waals surface area contributed by atoms with Crippen molar-refractivity contribution in [3.05, 3.63) is 35.1 Å². The van der Waals surface area contributed by atoms with Gasteiger partial charge in [-0.25, -0.2) is 0 Å². The molecule has 0 amide bonds. The molecule has 0 saturated carbocycles. The molecule has 96 valence electrons. The molecular formula is C15H19NO2. The number of piperidine rings is 1. The molecule has 1 aliphatic rings. The van der Waals surface area contributed by atoms with E-state index in [9.17, 15) is 5.11 Å². The molecule has 0 bridgehead atoms. The van der Waals surface area contributed by atoms with Crippen molar-refractivity contribution in [2.24, 2.45) is 0 Å². The SMILES string of the molecule is Cc1oc2ccc(C3NCCCC3O)cc2c1C. The highest BCUT2D eigenvalue weighted by Gasteiger charge is 2.24. The van der Waals surface area contributed by atoms with Crippen LogP contribution in [-0.2, 0) is 0 Å². The number of nitrogens with one attached hydrogen (secondary N) is 1. The fourth-order valence-electron chi connectivity index (χ4n) is 2.77. The minimum absolute atomic E-state index is 0.0535. The summed E-state index contributed by atoms with van der Waals surface area (Å²) < 4.78 is 5.68. The standard InChI is InChI=1S/C15H19NO2/c1-9-10(2)18-14-6-5-11(8-12(9)14)15-13(17)4-3-7-16-15/h5-6,8,13,15-17H,3-4,7H2,1-2H3. The average Bonchev–Trinajstić information content (AvgIpc) is 2.66. The largest absolute Gasteiger partial charge is 0.461 e. The summed E-state index contributed by atoms with van der Waals surface area (Å²) >= 11 is 0. The summed E-state index contributed by atoms with van der Waals surface area (Å²) in [7, 11) is 0. The van der Waals surface area contributed by atoms with E-state index in [1.807, 2.05) is 13.0 Å². The van der Waals surface area contributed by atoms with E-state index in [4.69, 9.17) is 4.42 Å². The second kappa shape index (κ2) is 4.41. The number of hydrogen-bond donors (Lipinski definition) is 2. The van der Waals surface area contributed by atoms with Crippen LogP contribution in [0.4, 0.5) is 0 Å². The molecule has 2 N–H and O–H groups in total. The Hall–Kier alpha value is -1.32. The van der Waals surface area contributed by atoms with Gasteiger partial charge in [0.2, 0.25) is 0 Å². The molecule has 2 heterocycles. The first-order valence-electron chi connectivity index (χ1n) is 6.58. The molecule has 18 heavy (non-hydrogen) atoms. The van der Waals surface area contributed by atoms with Gasteiger partial charge in [0.15, 0.2) is 0 Å². The van der Waals surface area contributed by atoms with Gasteiger partial charge in [0.1, 0.15) is 11.3 Å². The molecule has 2 atom stereocenters. The zero-order chi connectivity index (χ0) is 12.7. The number of aliphatic hydroxyl groups excluding tert-OH is 1. The first-order chi connectivity index (χ1) is 8.66. The molecule has 3 nitrogen and oxygen atoms in total. The van der Waals surface area contributed by atoms with Gasteiger partial charge in [-0.3, -0.25) is 0 Å². The summed E-state index contributed by atoms with van der Waals surface area (Å²) in [6.07, 6.45) is 1.63. The van der Waals surface area contributed by atoms with E-state index in [2.05, 4.69) is 24.4 Å². The quantitative estimate of drug-likeness (QED) is 0.812. The fourth-order valence-corrected chi connectivity index (χ4v) is 2.77. The summed E-state index contributed by atoms with van der Waals surface area (Å²) in [4.78, 5) is 0. The molecule has 0 radical (unpaired) electrons. The van der Waals surface area contributed by atoms with Crippen LogP contribution in [-0.4, -0.2) is 17.8 Å². The Labute approximate surface area is 107 Å². The molecule has 1 aliphatic heterocycles. The summed E-state index contributed by atoms with van der Waals surface area (Å²) in [6, 6.07) is 6.26. The van der Waals surface area contributed by atoms with E-state index >= 15 is 0 Å². The van der Waals surface area contributed by atoms with Crippen molar-refractivity contribution in [1.29, 1.82) is 0 Å². The van der Waals surface area contributed by atoms with Crippen molar-refractivity contribution in [3.8, 4) is 0 Å². The van der Waals surface area contributed by atoms with Crippen LogP contribution in [0.1, 0.15) is 35.8 Å². The topological polar surface area (TPSA) is 45.4 Å². The molecule has 3 rings (SSSR count). The number of aryl methyl sites for hydroxylation is 2. The maximum atomic E-state index is 10.1. The van der Waals surface area contributed by atoms with Crippen molar-refractivity contribution in [1.82, 2.24) is 5.32 Å². The highest BCUT2D eigenvalue weighted by molar-refractivity contribution is 5.82. The Bertz CT molecular complexity index is 573. The van der Waals surface area contributed by atoms with Crippen LogP contribution in [0.25, 0.3) is 11.0 Å². The van der Waals surface area contributed by atoms with Crippen LogP contribution in [0.3, 0.4) is 0 Å². The summed E-state index contributed by atoms with van der Waals surface area (Å²) in [5, 5.41) is 14.6. The molecule has 1 saturated heterocycles. The molecule has 3 heteroatoms. The molecule has 2 unspecified atom stereocenters. The average molecular weight is 245 g/mol. The van der Waals surface area contributed by atoms with Gasteiger partial charge < -0.3 is 14.8 Å². The van der Waals surface area contributed by atoms with Gasteiger partial charge in [-0.05, 0) is 56.5 Å². The monoisotopic (exact) mass is 245 g/mol. The number of benzene rings is 1. The van der Waals surface area contributed by atoms with Gasteiger partial charge in [0.25, 0.3) is 0 Å². The van der Waals surface area contributed by atoms with Crippen LogP contribution in [0, 0.1) is 13.8 Å². The first-order valence-corrected chi connectivity index (χ1v) is 6.58. The predicted molar refractivity (Wildman–Crippen MR) is 71.7 cm³/mol. The first kappa shape index (κ1) is 11.8. The highest BCUT2D eigenvalue weighted by Crippen LogP contribution is 2.30. The minimum atomic E-state index is -0.287. The summed E-state index contributed by atoms with van der Waals surface area (Å²) in [5.41, 5.74) is 3.27. The Morgan fingerprint density at radius 1 is 1.33 bits per heavy atom. The molecule has 0 spiro atoms. The van der Waals surface area contributed by atoms with E-state index < -0.39 is 0 Å². The second-order valence-corrected chi connectivity index (χ2v) is 5.18. The third-order valence-electron chi connectivity index (χ3n) is 3.98. The smallest absolute Gasteiger partial charge is 0.134 e. The van der Waals surface area contributed by atoms with Crippen molar-refractivity contribution >= 4 is 11.0 Å². The Balaban J connectivity index is 2.04. The highest BCUT2D eigenvalue weighted by atomic mass is 16.3. The lowest BCUT2D eigenvalue weighted by Crippen LogP contribution is -2.37. The normalized spacial score (nSPS) is 24.6. The van der Waals surface area contributed by atoms with Crippen molar-refractivity contribution in [3.63, 3.8) is 0 Å². The number of fused-ring (bicyclic) bond motifs is 1. The summed E-state index contributed by atoms with van der Waals surface area (Å²) in [5.74, 6) is 0.972. The Kier molecular flexibility index (Phi) is 2.88. The number of rotatable bonds is 1. The Morgan fingerprint density at radius 3 is 2.94 bits per heavy atom. The van der Waals surface area contributed by atoms with E-state index in [1.165, 1.54) is 5.56 Å². The van der Waals surface area contributed by atoms with Gasteiger partial charge in [0.05, 0.1) is 12.1 Å². The lowest BCUT2D eigenvalue weighted by atomic mass is 9.93. The number of furan rings is 1. The maximum absolute atomic E-state index is 10.1. The molecular weight excluding hydrogens is 226 g/mol. The lowest BCUT2D eigenvalue weighted by Gasteiger charge is -2.29. The van der Waals surface area contributed by atoms with Crippen LogP contribution in [0.5, 0.6) is 0 Å². The van der Waals surface area contributed by atoms with Crippen molar-refractivity contribution < 1.29 is 9.52 Å². The van der Waals surface area contributed by atoms with Gasteiger partial charge in [-0.1, -0.05) is 6.07 Å². The Morgan fingerprint density at radius 2 is 2.17 bits per heavy atom. The molecule has 1 aromatic heterocycles. The van der Waals surface area contributed by atoms with Crippen LogP contribution in [0.15, 0.2) is 22.6 Å². The minimum Gasteiger partial charge on any atom is -0.461 e. The predicted octanol–water partition coefficient (Wildman–Crippen LogP) is 2.84. The van der Waals surface area contributed by atoms with Crippen LogP contribution < -0.4 is 5.32 Å². The number of hydrogen-bond acceptors (Lipinski definition) is 3. The second-order valence-electron chi connectivity index (χ2n) is 5.18. The van der Waals surface area contributed by atoms with E-state index in [1.54, 1.807) is 0 Å². The van der Waals surface area contributed by atoms with Crippen molar-refractivity contribution in [2.45, 2.75) is 38.8 Å². The molecule has 1 aromatic carbocycles. The van der Waals surface area contributed by atoms with E-state index in [0.29, 0.717) is 0 Å². The van der Waals surface area contributed by atoms with Gasteiger partial charge >= 0.3 is 0 Å². The van der Waals surface area contributed by atoms with Gasteiger partial charge in [0, 0.05) is 5.39 Å². The zero-order valence-corrected chi connectivity index (χ0v) is 10.9. The van der Waals surface area contributed by atoms with Crippen LogP contribution >= 0.6 is 0 Å². The fraction of sp³-hybridized carbons (Fsp3) is 0.467. The van der Waals surface area contributed by atoms with Crippen molar-refractivity contribution in [2.75, 3.05) is 6.54 Å². The third kappa shape index (κ3) is 1.84. The molecule has 2 aromatic rings. The number of aliphatic hydroxyl groups is 1. The molecule has 0 aliphatic carbocycles. The molecule has 1 fully saturated rings. The van der Waals surface area contributed by atoms with E-state index in [0.717, 1.165) is 41.7 Å². The van der Waals surface area contributed by atoms with Gasteiger partial charge in [-0.15, -0.1) is 0 Å². The summed E-state index contributed by atoms with van der Waals surface area (Å²) in [6.45, 7) is 5.04. The lowest BCUT2D eigenvalue weighted by molar-refractivity contribution is 0.0966. The van der Waals surface area contributed by atoms with Gasteiger partial charge in [-0.2, -0.15) is 0 Å². The third-order valence-corrected chi connectivity index (χ3v) is 3.98.